The molecule has 1 atom stereocenters. The largest absolute Gasteiger partial charge is 0.485 e. The first kappa shape index (κ1) is 11.8. The lowest BCUT2D eigenvalue weighted by molar-refractivity contribution is 0.110. The van der Waals surface area contributed by atoms with E-state index in [1.807, 2.05) is 18.2 Å². The van der Waals surface area contributed by atoms with Gasteiger partial charge in [-0.05, 0) is 44.0 Å². The van der Waals surface area contributed by atoms with Crippen LogP contribution in [-0.4, -0.2) is 37.2 Å². The number of nitrogens with zero attached hydrogens (tertiary/aromatic N) is 1. The highest BCUT2D eigenvalue weighted by atomic mass is 16.5. The molecule has 3 nitrogen and oxygen atoms in total. The molecular weight excluding hydrogens is 224 g/mol. The fraction of sp³-hybridized carbons (Fsp3) is 0.600. The van der Waals surface area contributed by atoms with Gasteiger partial charge in [0.05, 0.1) is 12.2 Å². The van der Waals surface area contributed by atoms with Crippen LogP contribution in [-0.2, 0) is 0 Å². The molecule has 1 aromatic carbocycles. The molecule has 0 radical (unpaired) electrons. The maximum atomic E-state index is 6.06. The minimum Gasteiger partial charge on any atom is -0.485 e. The quantitative estimate of drug-likeness (QED) is 0.868. The number of fused-ring (bicyclic) bond motifs is 1. The van der Waals surface area contributed by atoms with Crippen LogP contribution in [0.25, 0.3) is 0 Å². The maximum absolute atomic E-state index is 6.06. The number of hydrogen-bond donors (Lipinski definition) is 1. The number of anilines is 1. The Hall–Kier alpha value is -1.22. The van der Waals surface area contributed by atoms with Crippen molar-refractivity contribution in [3.63, 3.8) is 0 Å². The van der Waals surface area contributed by atoms with Crippen molar-refractivity contribution in [1.29, 1.82) is 0 Å². The fourth-order valence-corrected chi connectivity index (χ4v) is 2.79. The summed E-state index contributed by atoms with van der Waals surface area (Å²) in [6, 6.07) is 8.20. The lowest BCUT2D eigenvalue weighted by Gasteiger charge is -2.35. The predicted molar refractivity (Wildman–Crippen MR) is 74.2 cm³/mol. The van der Waals surface area contributed by atoms with Gasteiger partial charge in [0.1, 0.15) is 11.9 Å². The highest BCUT2D eigenvalue weighted by molar-refractivity contribution is 5.57. The molecule has 2 aliphatic heterocycles. The fourth-order valence-electron chi connectivity index (χ4n) is 2.79. The Morgan fingerprint density at radius 2 is 2.06 bits per heavy atom. The zero-order chi connectivity index (χ0) is 12.4. The molecule has 1 unspecified atom stereocenters. The summed E-state index contributed by atoms with van der Waals surface area (Å²) in [4.78, 5) is 2.54. The van der Waals surface area contributed by atoms with E-state index in [9.17, 15) is 0 Å². The van der Waals surface area contributed by atoms with E-state index in [2.05, 4.69) is 23.2 Å². The maximum Gasteiger partial charge on any atom is 0.142 e. The van der Waals surface area contributed by atoms with Gasteiger partial charge in [0.25, 0.3) is 0 Å². The smallest absolute Gasteiger partial charge is 0.142 e. The number of para-hydroxylation sites is 2. The van der Waals surface area contributed by atoms with Crippen LogP contribution in [0.5, 0.6) is 5.75 Å². The molecule has 1 saturated heterocycles. The van der Waals surface area contributed by atoms with Crippen molar-refractivity contribution in [1.82, 2.24) is 4.90 Å². The molecule has 0 aliphatic carbocycles. The normalized spacial score (nSPS) is 25.1. The summed E-state index contributed by atoms with van der Waals surface area (Å²) in [5, 5.41) is 3.46. The van der Waals surface area contributed by atoms with E-state index in [-0.39, 0.29) is 6.10 Å². The summed E-state index contributed by atoms with van der Waals surface area (Å²) in [7, 11) is 0. The Balaban J connectivity index is 1.56. The number of nitrogens with one attached hydrogen (secondary N) is 1. The zero-order valence-corrected chi connectivity index (χ0v) is 11.1. The highest BCUT2D eigenvalue weighted by Gasteiger charge is 2.23. The third kappa shape index (κ3) is 2.61. The van der Waals surface area contributed by atoms with Crippen LogP contribution in [0.4, 0.5) is 5.69 Å². The lowest BCUT2D eigenvalue weighted by atomic mass is 9.99. The number of piperidine rings is 1. The van der Waals surface area contributed by atoms with Gasteiger partial charge >= 0.3 is 0 Å². The second kappa shape index (κ2) is 5.19. The molecule has 0 amide bonds. The molecule has 1 N–H and O–H groups in total. The van der Waals surface area contributed by atoms with Crippen molar-refractivity contribution in [2.75, 3.05) is 31.5 Å². The first-order valence-electron chi connectivity index (χ1n) is 7.03. The second-order valence-corrected chi connectivity index (χ2v) is 5.60. The Morgan fingerprint density at radius 3 is 2.89 bits per heavy atom. The second-order valence-electron chi connectivity index (χ2n) is 5.60. The van der Waals surface area contributed by atoms with Crippen LogP contribution in [0, 0.1) is 5.92 Å². The molecule has 3 rings (SSSR count). The van der Waals surface area contributed by atoms with Crippen LogP contribution >= 0.6 is 0 Å². The van der Waals surface area contributed by atoms with Crippen LogP contribution in [0.3, 0.4) is 0 Å². The van der Waals surface area contributed by atoms with Crippen molar-refractivity contribution in [3.8, 4) is 5.75 Å². The van der Waals surface area contributed by atoms with E-state index in [1.54, 1.807) is 0 Å². The summed E-state index contributed by atoms with van der Waals surface area (Å²) in [5.74, 6) is 1.89. The number of benzene rings is 1. The van der Waals surface area contributed by atoms with E-state index < -0.39 is 0 Å². The number of hydrogen-bond acceptors (Lipinski definition) is 3. The summed E-state index contributed by atoms with van der Waals surface area (Å²) < 4.78 is 6.06. The summed E-state index contributed by atoms with van der Waals surface area (Å²) in [6.07, 6.45) is 2.95. The minimum atomic E-state index is 0.285. The molecule has 2 aliphatic rings. The molecule has 0 bridgehead atoms. The van der Waals surface area contributed by atoms with Gasteiger partial charge in [-0.25, -0.2) is 0 Å². The van der Waals surface area contributed by atoms with E-state index in [0.29, 0.717) is 0 Å². The third-order valence-corrected chi connectivity index (χ3v) is 4.04. The average Bonchev–Trinajstić information content (AvgIpc) is 2.41. The molecule has 3 heteroatoms. The number of ether oxygens (including phenoxy) is 1. The van der Waals surface area contributed by atoms with Crippen LogP contribution in [0.15, 0.2) is 24.3 Å². The Labute approximate surface area is 109 Å². The molecule has 1 fully saturated rings. The van der Waals surface area contributed by atoms with Gasteiger partial charge in [-0.2, -0.15) is 0 Å². The van der Waals surface area contributed by atoms with Crippen molar-refractivity contribution < 1.29 is 4.74 Å². The summed E-state index contributed by atoms with van der Waals surface area (Å²) in [5.41, 5.74) is 1.13. The van der Waals surface area contributed by atoms with E-state index in [0.717, 1.165) is 30.4 Å². The first-order chi connectivity index (χ1) is 8.81. The van der Waals surface area contributed by atoms with Gasteiger partial charge in [0.15, 0.2) is 0 Å². The van der Waals surface area contributed by atoms with Gasteiger partial charge in [-0.3, -0.25) is 4.90 Å². The van der Waals surface area contributed by atoms with Gasteiger partial charge < -0.3 is 10.1 Å². The van der Waals surface area contributed by atoms with Gasteiger partial charge in [0, 0.05) is 6.54 Å². The van der Waals surface area contributed by atoms with E-state index in [4.69, 9.17) is 4.74 Å². The van der Waals surface area contributed by atoms with E-state index in [1.165, 1.54) is 25.9 Å². The molecule has 0 spiro atoms. The summed E-state index contributed by atoms with van der Waals surface area (Å²) >= 11 is 0. The van der Waals surface area contributed by atoms with Gasteiger partial charge in [-0.1, -0.05) is 19.1 Å². The average molecular weight is 246 g/mol. The molecule has 98 valence electrons. The molecule has 0 aromatic heterocycles. The minimum absolute atomic E-state index is 0.285. The van der Waals surface area contributed by atoms with Crippen LogP contribution < -0.4 is 10.1 Å². The molecule has 0 saturated carbocycles. The van der Waals surface area contributed by atoms with Gasteiger partial charge in [-0.15, -0.1) is 0 Å². The van der Waals surface area contributed by atoms with Crippen molar-refractivity contribution in [3.05, 3.63) is 24.3 Å². The lowest BCUT2D eigenvalue weighted by Crippen LogP contribution is -2.44. The topological polar surface area (TPSA) is 24.5 Å². The number of likely N-dealkylation sites (tertiary alicyclic amines) is 1. The zero-order valence-electron chi connectivity index (χ0n) is 11.1. The summed E-state index contributed by atoms with van der Waals surface area (Å²) in [6.45, 7) is 6.77. The first-order valence-corrected chi connectivity index (χ1v) is 7.03. The predicted octanol–water partition coefficient (Wildman–Crippen LogP) is 2.59. The molecule has 2 heterocycles. The standard InChI is InChI=1S/C15H22N2O/c1-12-6-8-17(9-7-12)11-13-10-16-14-4-2-3-5-15(14)18-13/h2-5,12-13,16H,6-11H2,1H3. The molecular formula is C15H22N2O. The van der Waals surface area contributed by atoms with Crippen LogP contribution in [0.2, 0.25) is 0 Å². The van der Waals surface area contributed by atoms with E-state index >= 15 is 0 Å². The Morgan fingerprint density at radius 1 is 1.28 bits per heavy atom. The van der Waals surface area contributed by atoms with Crippen molar-refractivity contribution >= 4 is 5.69 Å². The highest BCUT2D eigenvalue weighted by Crippen LogP contribution is 2.28. The van der Waals surface area contributed by atoms with Crippen LogP contribution in [0.1, 0.15) is 19.8 Å². The van der Waals surface area contributed by atoms with Gasteiger partial charge in [0.2, 0.25) is 0 Å². The Kier molecular flexibility index (Phi) is 3.41. The monoisotopic (exact) mass is 246 g/mol. The van der Waals surface area contributed by atoms with Crippen molar-refractivity contribution in [2.24, 2.45) is 5.92 Å². The third-order valence-electron chi connectivity index (χ3n) is 4.04. The Bertz CT molecular complexity index is 399. The molecule has 1 aromatic rings. The number of rotatable bonds is 2. The SMILES string of the molecule is CC1CCN(CC2CNc3ccccc3O2)CC1. The van der Waals surface area contributed by atoms with Crippen molar-refractivity contribution in [2.45, 2.75) is 25.9 Å². The molecule has 18 heavy (non-hydrogen) atoms.